The summed E-state index contributed by atoms with van der Waals surface area (Å²) in [6, 6.07) is 3.95. The average molecular weight is 233 g/mol. The summed E-state index contributed by atoms with van der Waals surface area (Å²) in [4.78, 5) is 14.0. The molecule has 2 atom stereocenters. The molecular weight excluding hydrogens is 218 g/mol. The Hall–Kier alpha value is -1.55. The molecule has 0 saturated carbocycles. The van der Waals surface area contributed by atoms with E-state index in [1.807, 2.05) is 12.1 Å². The zero-order valence-corrected chi connectivity index (χ0v) is 10.0. The first-order valence-electron chi connectivity index (χ1n) is 5.72. The molecule has 0 radical (unpaired) electrons. The first kappa shape index (κ1) is 10.6. The highest BCUT2D eigenvalue weighted by Gasteiger charge is 2.38. The van der Waals surface area contributed by atoms with E-state index in [1.165, 1.54) is 5.56 Å². The summed E-state index contributed by atoms with van der Waals surface area (Å²) in [6.07, 6.45) is 0. The fourth-order valence-electron chi connectivity index (χ4n) is 2.79. The van der Waals surface area contributed by atoms with Gasteiger partial charge in [0.05, 0.1) is 26.7 Å². The van der Waals surface area contributed by atoms with Gasteiger partial charge in [0.1, 0.15) is 0 Å². The van der Waals surface area contributed by atoms with Crippen LogP contribution in [0.1, 0.15) is 17.0 Å². The number of hydrogen-bond acceptors (Lipinski definition) is 4. The molecule has 0 aromatic heterocycles. The maximum Gasteiger partial charge on any atom is 0.161 e. The molecule has 0 N–H and O–H groups in total. The second-order valence-corrected chi connectivity index (χ2v) is 4.59. The van der Waals surface area contributed by atoms with Crippen LogP contribution in [0.2, 0.25) is 0 Å². The third-order valence-electron chi connectivity index (χ3n) is 3.62. The molecule has 2 aliphatic heterocycles. The van der Waals surface area contributed by atoms with Crippen LogP contribution in [-0.2, 0) is 11.3 Å². The summed E-state index contributed by atoms with van der Waals surface area (Å²) < 4.78 is 10.6. The van der Waals surface area contributed by atoms with Gasteiger partial charge in [-0.1, -0.05) is 0 Å². The van der Waals surface area contributed by atoms with Gasteiger partial charge in [-0.15, -0.1) is 0 Å². The Balaban J connectivity index is 2.12. The van der Waals surface area contributed by atoms with Gasteiger partial charge in [0.15, 0.2) is 17.3 Å². The van der Waals surface area contributed by atoms with Crippen LogP contribution in [0.15, 0.2) is 12.1 Å². The zero-order valence-electron chi connectivity index (χ0n) is 10.0. The molecule has 3 rings (SSSR count). The molecule has 17 heavy (non-hydrogen) atoms. The summed E-state index contributed by atoms with van der Waals surface area (Å²) in [5.74, 6) is 1.79. The molecule has 2 bridgehead atoms. The van der Waals surface area contributed by atoms with Crippen LogP contribution < -0.4 is 9.47 Å². The lowest BCUT2D eigenvalue weighted by atomic mass is 9.90. The predicted octanol–water partition coefficient (Wildman–Crippen LogP) is 1.19. The second-order valence-electron chi connectivity index (χ2n) is 4.59. The van der Waals surface area contributed by atoms with Crippen molar-refractivity contribution in [2.24, 2.45) is 0 Å². The van der Waals surface area contributed by atoms with Gasteiger partial charge in [0.2, 0.25) is 0 Å². The Kier molecular flexibility index (Phi) is 2.33. The number of rotatable bonds is 2. The Bertz CT molecular complexity index is 484. The summed E-state index contributed by atoms with van der Waals surface area (Å²) in [7, 11) is 3.25. The highest BCUT2D eigenvalue weighted by atomic mass is 16.5. The molecule has 0 spiro atoms. The average Bonchev–Trinajstić information content (AvgIpc) is 2.64. The molecule has 4 nitrogen and oxygen atoms in total. The van der Waals surface area contributed by atoms with Crippen LogP contribution in [0.3, 0.4) is 0 Å². The van der Waals surface area contributed by atoms with Crippen LogP contribution in [-0.4, -0.2) is 38.0 Å². The highest BCUT2D eigenvalue weighted by Crippen LogP contribution is 2.40. The van der Waals surface area contributed by atoms with Crippen molar-refractivity contribution in [1.82, 2.24) is 4.90 Å². The second kappa shape index (κ2) is 3.74. The zero-order chi connectivity index (χ0) is 12.0. The number of nitrogens with zero attached hydrogens (tertiary/aromatic N) is 1. The number of benzene rings is 1. The van der Waals surface area contributed by atoms with Crippen molar-refractivity contribution in [3.8, 4) is 11.5 Å². The lowest BCUT2D eigenvalue weighted by Crippen LogP contribution is -2.25. The van der Waals surface area contributed by atoms with E-state index in [2.05, 4.69) is 4.90 Å². The van der Waals surface area contributed by atoms with Crippen molar-refractivity contribution in [1.29, 1.82) is 0 Å². The lowest BCUT2D eigenvalue weighted by molar-refractivity contribution is -0.117. The molecule has 1 aromatic carbocycles. The maximum absolute atomic E-state index is 11.9. The van der Waals surface area contributed by atoms with Gasteiger partial charge < -0.3 is 9.47 Å². The number of carbonyl (C=O) groups is 1. The van der Waals surface area contributed by atoms with Crippen molar-refractivity contribution in [3.63, 3.8) is 0 Å². The lowest BCUT2D eigenvalue weighted by Gasteiger charge is -2.25. The topological polar surface area (TPSA) is 38.8 Å². The maximum atomic E-state index is 11.9. The van der Waals surface area contributed by atoms with E-state index >= 15 is 0 Å². The van der Waals surface area contributed by atoms with Crippen LogP contribution >= 0.6 is 0 Å². The van der Waals surface area contributed by atoms with E-state index in [-0.39, 0.29) is 5.92 Å². The molecule has 4 heteroatoms. The largest absolute Gasteiger partial charge is 0.493 e. The number of Topliss-reactive ketones (excluding diaryl/α,β-unsaturated/α-hetero) is 1. The van der Waals surface area contributed by atoms with E-state index in [9.17, 15) is 4.79 Å². The third kappa shape index (κ3) is 1.52. The smallest absolute Gasteiger partial charge is 0.161 e. The molecular formula is C13H15NO3. The number of hydrogen-bond donors (Lipinski definition) is 0. The minimum atomic E-state index is 0.0264. The number of carbonyl (C=O) groups excluding carboxylic acids is 1. The first-order valence-corrected chi connectivity index (χ1v) is 5.72. The summed E-state index contributed by atoms with van der Waals surface area (Å²) >= 11 is 0. The molecule has 1 unspecified atom stereocenters. The molecule has 1 fully saturated rings. The SMILES string of the molecule is COc1cc2c(cc1OC)[C@@H]1CN(CC1=O)C2. The molecule has 2 aliphatic rings. The van der Waals surface area contributed by atoms with E-state index in [0.29, 0.717) is 18.1 Å². The molecule has 1 aromatic rings. The highest BCUT2D eigenvalue weighted by molar-refractivity contribution is 5.91. The minimum Gasteiger partial charge on any atom is -0.493 e. The number of ketones is 1. The van der Waals surface area contributed by atoms with Gasteiger partial charge in [0, 0.05) is 13.1 Å². The molecule has 2 heterocycles. The van der Waals surface area contributed by atoms with Crippen molar-refractivity contribution >= 4 is 5.78 Å². The molecule has 1 saturated heterocycles. The van der Waals surface area contributed by atoms with Crippen molar-refractivity contribution in [2.75, 3.05) is 27.3 Å². The Labute approximate surface area is 100 Å². The summed E-state index contributed by atoms with van der Waals surface area (Å²) in [5, 5.41) is 0. The summed E-state index contributed by atoms with van der Waals surface area (Å²) in [6.45, 7) is 2.25. The molecule has 0 aliphatic carbocycles. The fraction of sp³-hybridized carbons (Fsp3) is 0.462. The van der Waals surface area contributed by atoms with Gasteiger partial charge in [-0.2, -0.15) is 0 Å². The third-order valence-corrected chi connectivity index (χ3v) is 3.62. The Morgan fingerprint density at radius 1 is 1.18 bits per heavy atom. The van der Waals surface area contributed by atoms with Crippen LogP contribution in [0.5, 0.6) is 11.5 Å². The Morgan fingerprint density at radius 2 is 1.88 bits per heavy atom. The fourth-order valence-corrected chi connectivity index (χ4v) is 2.79. The minimum absolute atomic E-state index is 0.0264. The van der Waals surface area contributed by atoms with E-state index in [1.54, 1.807) is 14.2 Å². The van der Waals surface area contributed by atoms with Crippen molar-refractivity contribution in [2.45, 2.75) is 12.5 Å². The standard InChI is InChI=1S/C13H15NO3/c1-16-12-3-8-5-14-6-10(11(15)7-14)9(8)4-13(12)17-2/h3-4,10H,5-7H2,1-2H3/t10-/m0/s1. The van der Waals surface area contributed by atoms with Crippen LogP contribution in [0.4, 0.5) is 0 Å². The first-order chi connectivity index (χ1) is 8.22. The Morgan fingerprint density at radius 3 is 2.59 bits per heavy atom. The van der Waals surface area contributed by atoms with Crippen LogP contribution in [0.25, 0.3) is 0 Å². The number of fused-ring (bicyclic) bond motifs is 4. The van der Waals surface area contributed by atoms with Crippen LogP contribution in [0, 0.1) is 0 Å². The normalized spacial score (nSPS) is 25.6. The van der Waals surface area contributed by atoms with Gasteiger partial charge in [-0.25, -0.2) is 0 Å². The molecule has 90 valence electrons. The van der Waals surface area contributed by atoms with Gasteiger partial charge in [0.25, 0.3) is 0 Å². The van der Waals surface area contributed by atoms with Gasteiger partial charge in [-0.05, 0) is 23.3 Å². The monoisotopic (exact) mass is 233 g/mol. The van der Waals surface area contributed by atoms with Crippen molar-refractivity contribution in [3.05, 3.63) is 23.3 Å². The van der Waals surface area contributed by atoms with Gasteiger partial charge in [-0.3, -0.25) is 9.69 Å². The summed E-state index contributed by atoms with van der Waals surface area (Å²) in [5.41, 5.74) is 2.30. The van der Waals surface area contributed by atoms with Gasteiger partial charge >= 0.3 is 0 Å². The predicted molar refractivity (Wildman–Crippen MR) is 62.6 cm³/mol. The number of ether oxygens (including phenoxy) is 2. The molecule has 0 amide bonds. The van der Waals surface area contributed by atoms with Crippen molar-refractivity contribution < 1.29 is 14.3 Å². The quantitative estimate of drug-likeness (QED) is 0.769. The number of methoxy groups -OCH3 is 2. The van der Waals surface area contributed by atoms with E-state index in [4.69, 9.17) is 9.47 Å². The van der Waals surface area contributed by atoms with E-state index in [0.717, 1.165) is 24.4 Å². The van der Waals surface area contributed by atoms with E-state index < -0.39 is 0 Å².